The number of benzene rings is 1. The molecule has 25 heavy (non-hydrogen) atoms. The molecule has 5 heteroatoms. The Kier molecular flexibility index (Phi) is 4.88. The summed E-state index contributed by atoms with van der Waals surface area (Å²) in [4.78, 5) is 4.82. The molecule has 3 heterocycles. The number of rotatable bonds is 5. The Balaban J connectivity index is 1.34. The lowest BCUT2D eigenvalue weighted by molar-refractivity contribution is 0.0649. The minimum absolute atomic E-state index is 0.303. The molecule has 134 valence electrons. The van der Waals surface area contributed by atoms with Crippen molar-refractivity contribution in [3.8, 4) is 0 Å². The summed E-state index contributed by atoms with van der Waals surface area (Å²) in [6.45, 7) is 4.57. The Labute approximate surface area is 149 Å². The highest BCUT2D eigenvalue weighted by atomic mass is 16.3. The topological polar surface area (TPSA) is 44.5 Å². The number of fused-ring (bicyclic) bond motifs is 1. The van der Waals surface area contributed by atoms with Gasteiger partial charge in [0.1, 0.15) is 0 Å². The molecule has 0 unspecified atom stereocenters. The molecular weight excluding hydrogens is 312 g/mol. The molecule has 0 saturated carbocycles. The summed E-state index contributed by atoms with van der Waals surface area (Å²) >= 11 is 0. The molecule has 4 rings (SSSR count). The van der Waals surface area contributed by atoms with E-state index in [0.717, 1.165) is 45.6 Å². The SMILES string of the molecule is Cn1cc([C@H]2CCCN2C[C@@H](O)CN2CCc3ccccc3C2)cn1. The fourth-order valence-corrected chi connectivity index (χ4v) is 4.37. The predicted molar refractivity (Wildman–Crippen MR) is 98.2 cm³/mol. The van der Waals surface area contributed by atoms with Gasteiger partial charge in [-0.25, -0.2) is 0 Å². The second-order valence-electron chi connectivity index (χ2n) is 7.51. The zero-order valence-electron chi connectivity index (χ0n) is 15.0. The number of hydrogen-bond donors (Lipinski definition) is 1. The van der Waals surface area contributed by atoms with Gasteiger partial charge in [0.05, 0.1) is 12.3 Å². The van der Waals surface area contributed by atoms with Crippen LogP contribution >= 0.6 is 0 Å². The number of aromatic nitrogens is 2. The van der Waals surface area contributed by atoms with Crippen molar-refractivity contribution in [3.05, 3.63) is 53.3 Å². The molecule has 1 saturated heterocycles. The average molecular weight is 340 g/mol. The van der Waals surface area contributed by atoms with Crippen LogP contribution in [-0.4, -0.2) is 57.0 Å². The van der Waals surface area contributed by atoms with Gasteiger partial charge in [0.15, 0.2) is 0 Å². The number of nitrogens with zero attached hydrogens (tertiary/aromatic N) is 4. The number of hydrogen-bond acceptors (Lipinski definition) is 4. The van der Waals surface area contributed by atoms with E-state index in [2.05, 4.69) is 45.4 Å². The molecule has 2 aliphatic heterocycles. The quantitative estimate of drug-likeness (QED) is 0.904. The third-order valence-corrected chi connectivity index (χ3v) is 5.60. The van der Waals surface area contributed by atoms with Gasteiger partial charge in [0.25, 0.3) is 0 Å². The van der Waals surface area contributed by atoms with E-state index in [9.17, 15) is 5.11 Å². The Bertz CT molecular complexity index is 713. The Morgan fingerprint density at radius 1 is 1.20 bits per heavy atom. The summed E-state index contributed by atoms with van der Waals surface area (Å²) in [7, 11) is 1.96. The first-order valence-corrected chi connectivity index (χ1v) is 9.39. The first-order valence-electron chi connectivity index (χ1n) is 9.39. The van der Waals surface area contributed by atoms with E-state index >= 15 is 0 Å². The number of β-amino-alcohol motifs (C(OH)–C–C–N with tert-alkyl or cyclic N) is 1. The Morgan fingerprint density at radius 3 is 2.84 bits per heavy atom. The molecule has 0 radical (unpaired) electrons. The molecule has 2 atom stereocenters. The van der Waals surface area contributed by atoms with Crippen molar-refractivity contribution in [3.63, 3.8) is 0 Å². The van der Waals surface area contributed by atoms with Crippen molar-refractivity contribution < 1.29 is 5.11 Å². The van der Waals surface area contributed by atoms with E-state index < -0.39 is 0 Å². The van der Waals surface area contributed by atoms with Crippen LogP contribution in [0.3, 0.4) is 0 Å². The molecule has 1 aromatic carbocycles. The number of aliphatic hydroxyl groups excluding tert-OH is 1. The summed E-state index contributed by atoms with van der Waals surface area (Å²) in [5.74, 6) is 0. The van der Waals surface area contributed by atoms with E-state index in [1.165, 1.54) is 23.1 Å². The molecule has 5 nitrogen and oxygen atoms in total. The maximum absolute atomic E-state index is 10.7. The van der Waals surface area contributed by atoms with Gasteiger partial charge in [-0.05, 0) is 36.9 Å². The van der Waals surface area contributed by atoms with Gasteiger partial charge in [0.2, 0.25) is 0 Å². The maximum Gasteiger partial charge on any atom is 0.0794 e. The molecule has 0 spiro atoms. The molecule has 2 aromatic rings. The van der Waals surface area contributed by atoms with Crippen molar-refractivity contribution in [2.75, 3.05) is 26.2 Å². The zero-order chi connectivity index (χ0) is 17.2. The second-order valence-corrected chi connectivity index (χ2v) is 7.51. The van der Waals surface area contributed by atoms with Crippen LogP contribution in [0.25, 0.3) is 0 Å². The molecule has 1 aromatic heterocycles. The van der Waals surface area contributed by atoms with Crippen LogP contribution in [0.2, 0.25) is 0 Å². The summed E-state index contributed by atoms with van der Waals surface area (Å²) in [5.41, 5.74) is 4.15. The molecule has 1 fully saturated rings. The van der Waals surface area contributed by atoms with Crippen LogP contribution in [0.5, 0.6) is 0 Å². The van der Waals surface area contributed by atoms with Gasteiger partial charge in [-0.2, -0.15) is 5.10 Å². The molecule has 1 N–H and O–H groups in total. The smallest absolute Gasteiger partial charge is 0.0794 e. The van der Waals surface area contributed by atoms with E-state index in [4.69, 9.17) is 0 Å². The van der Waals surface area contributed by atoms with E-state index in [1.807, 2.05) is 17.9 Å². The number of aryl methyl sites for hydroxylation is 1. The average Bonchev–Trinajstić information content (AvgIpc) is 3.23. The summed E-state index contributed by atoms with van der Waals surface area (Å²) in [6.07, 6.45) is 7.22. The van der Waals surface area contributed by atoms with Crippen molar-refractivity contribution in [2.45, 2.75) is 38.0 Å². The maximum atomic E-state index is 10.7. The first kappa shape index (κ1) is 16.8. The van der Waals surface area contributed by atoms with Crippen molar-refractivity contribution in [2.24, 2.45) is 7.05 Å². The van der Waals surface area contributed by atoms with Crippen LogP contribution < -0.4 is 0 Å². The van der Waals surface area contributed by atoms with E-state index in [-0.39, 0.29) is 6.10 Å². The van der Waals surface area contributed by atoms with Gasteiger partial charge >= 0.3 is 0 Å². The largest absolute Gasteiger partial charge is 0.390 e. The van der Waals surface area contributed by atoms with Crippen LogP contribution in [-0.2, 0) is 20.0 Å². The third-order valence-electron chi connectivity index (χ3n) is 5.60. The predicted octanol–water partition coefficient (Wildman–Crippen LogP) is 1.98. The second kappa shape index (κ2) is 7.28. The Morgan fingerprint density at radius 2 is 2.04 bits per heavy atom. The number of likely N-dealkylation sites (tertiary alicyclic amines) is 1. The fraction of sp³-hybridized carbons (Fsp3) is 0.550. The number of aliphatic hydroxyl groups is 1. The minimum Gasteiger partial charge on any atom is -0.390 e. The first-order chi connectivity index (χ1) is 12.2. The lowest BCUT2D eigenvalue weighted by Crippen LogP contribution is -2.42. The van der Waals surface area contributed by atoms with Gasteiger partial charge in [-0.1, -0.05) is 24.3 Å². The van der Waals surface area contributed by atoms with Gasteiger partial charge < -0.3 is 5.11 Å². The van der Waals surface area contributed by atoms with Gasteiger partial charge in [-0.3, -0.25) is 14.5 Å². The Hall–Kier alpha value is -1.69. The van der Waals surface area contributed by atoms with Gasteiger partial charge in [0, 0.05) is 51.0 Å². The third kappa shape index (κ3) is 3.78. The normalized spacial score (nSPS) is 22.9. The molecule has 2 aliphatic rings. The lowest BCUT2D eigenvalue weighted by Gasteiger charge is -2.32. The van der Waals surface area contributed by atoms with Crippen LogP contribution in [0.1, 0.15) is 35.6 Å². The van der Waals surface area contributed by atoms with Crippen molar-refractivity contribution in [1.29, 1.82) is 0 Å². The fourth-order valence-electron chi connectivity index (χ4n) is 4.37. The molecule has 0 amide bonds. The van der Waals surface area contributed by atoms with Crippen molar-refractivity contribution >= 4 is 0 Å². The standard InChI is InChI=1S/C20H28N4O/c1-22-12-18(11-21-22)20-7-4-9-24(20)15-19(25)14-23-10-8-16-5-2-3-6-17(16)13-23/h2-3,5-6,11-12,19-20,25H,4,7-10,13-15H2,1H3/t19-,20+/m0/s1. The summed E-state index contributed by atoms with van der Waals surface area (Å²) in [6, 6.07) is 9.08. The lowest BCUT2D eigenvalue weighted by atomic mass is 10.00. The van der Waals surface area contributed by atoms with E-state index in [1.54, 1.807) is 0 Å². The van der Waals surface area contributed by atoms with Crippen LogP contribution in [0.15, 0.2) is 36.7 Å². The van der Waals surface area contributed by atoms with Crippen molar-refractivity contribution in [1.82, 2.24) is 19.6 Å². The molecular formula is C20H28N4O. The van der Waals surface area contributed by atoms with Gasteiger partial charge in [-0.15, -0.1) is 0 Å². The highest BCUT2D eigenvalue weighted by Crippen LogP contribution is 2.31. The van der Waals surface area contributed by atoms with E-state index in [0.29, 0.717) is 6.04 Å². The van der Waals surface area contributed by atoms with Crippen LogP contribution in [0.4, 0.5) is 0 Å². The summed E-state index contributed by atoms with van der Waals surface area (Å²) in [5, 5.41) is 15.0. The highest BCUT2D eigenvalue weighted by Gasteiger charge is 2.29. The minimum atomic E-state index is -0.303. The molecule has 0 bridgehead atoms. The summed E-state index contributed by atoms with van der Waals surface area (Å²) < 4.78 is 1.87. The van der Waals surface area contributed by atoms with Crippen LogP contribution in [0, 0.1) is 0 Å². The molecule has 0 aliphatic carbocycles. The monoisotopic (exact) mass is 340 g/mol. The highest BCUT2D eigenvalue weighted by molar-refractivity contribution is 5.29. The zero-order valence-corrected chi connectivity index (χ0v) is 15.0.